The lowest BCUT2D eigenvalue weighted by molar-refractivity contribution is 0.174. The number of hydrogen-bond acceptors (Lipinski definition) is 4. The van der Waals surface area contributed by atoms with E-state index in [0.717, 1.165) is 16.7 Å². The van der Waals surface area contributed by atoms with Gasteiger partial charge in [-0.25, -0.2) is 0 Å². The van der Waals surface area contributed by atoms with E-state index in [1.165, 1.54) is 10.4 Å². The summed E-state index contributed by atoms with van der Waals surface area (Å²) in [6.45, 7) is 6.09. The van der Waals surface area contributed by atoms with Gasteiger partial charge in [-0.2, -0.15) is 4.80 Å². The maximum absolute atomic E-state index is 10.3. The Morgan fingerprint density at radius 2 is 1.83 bits per heavy atom. The van der Waals surface area contributed by atoms with Gasteiger partial charge in [-0.15, -0.1) is 10.2 Å². The molecule has 0 saturated carbocycles. The van der Waals surface area contributed by atoms with E-state index in [4.69, 9.17) is 0 Å². The van der Waals surface area contributed by atoms with Crippen molar-refractivity contribution in [2.75, 3.05) is 0 Å². The van der Waals surface area contributed by atoms with Crippen molar-refractivity contribution in [2.24, 2.45) is 7.05 Å². The molecule has 0 aliphatic rings. The minimum Gasteiger partial charge on any atom is -0.388 e. The Hall–Kier alpha value is -1.75. The zero-order chi connectivity index (χ0) is 13.3. The Kier molecular flexibility index (Phi) is 3.43. The summed E-state index contributed by atoms with van der Waals surface area (Å²) in [5, 5.41) is 22.1. The molecule has 2 aromatic rings. The molecule has 0 aliphatic carbocycles. The highest BCUT2D eigenvalue weighted by Gasteiger charge is 2.16. The van der Waals surface area contributed by atoms with Gasteiger partial charge in [0.2, 0.25) is 0 Å². The molecular formula is C13H18N4O. The van der Waals surface area contributed by atoms with Gasteiger partial charge in [0.25, 0.3) is 0 Å². The molecule has 0 bridgehead atoms. The van der Waals surface area contributed by atoms with Gasteiger partial charge in [0.05, 0.1) is 13.2 Å². The zero-order valence-corrected chi connectivity index (χ0v) is 11.2. The molecule has 0 saturated heterocycles. The zero-order valence-electron chi connectivity index (χ0n) is 11.2. The van der Waals surface area contributed by atoms with Crippen molar-refractivity contribution in [3.63, 3.8) is 0 Å². The minimum atomic E-state index is -0.588. The molecule has 5 heteroatoms. The minimum absolute atomic E-state index is 0.387. The summed E-state index contributed by atoms with van der Waals surface area (Å²) in [6, 6.07) is 4.16. The van der Waals surface area contributed by atoms with E-state index in [1.807, 2.05) is 13.8 Å². The SMILES string of the molecule is Cc1cc(C)c(C(O)Cc2nnn(C)n2)c(C)c1. The Morgan fingerprint density at radius 1 is 1.22 bits per heavy atom. The number of aliphatic hydroxyl groups is 1. The molecule has 1 aromatic carbocycles. The van der Waals surface area contributed by atoms with Crippen molar-refractivity contribution in [1.29, 1.82) is 0 Å². The molecule has 1 heterocycles. The predicted molar refractivity (Wildman–Crippen MR) is 68.1 cm³/mol. The van der Waals surface area contributed by atoms with Crippen molar-refractivity contribution in [2.45, 2.75) is 33.3 Å². The predicted octanol–water partition coefficient (Wildman–Crippen LogP) is 1.41. The van der Waals surface area contributed by atoms with Crippen LogP contribution >= 0.6 is 0 Å². The quantitative estimate of drug-likeness (QED) is 0.889. The number of hydrogen-bond donors (Lipinski definition) is 1. The number of benzene rings is 1. The summed E-state index contributed by atoms with van der Waals surface area (Å²) >= 11 is 0. The van der Waals surface area contributed by atoms with E-state index in [9.17, 15) is 5.11 Å². The maximum atomic E-state index is 10.3. The van der Waals surface area contributed by atoms with Crippen LogP contribution in [0.4, 0.5) is 0 Å². The molecule has 0 spiro atoms. The van der Waals surface area contributed by atoms with Gasteiger partial charge in [-0.1, -0.05) is 17.7 Å². The molecule has 1 unspecified atom stereocenters. The van der Waals surface area contributed by atoms with Gasteiger partial charge in [0, 0.05) is 6.42 Å². The normalized spacial score (nSPS) is 12.7. The molecular weight excluding hydrogens is 228 g/mol. The third-order valence-electron chi connectivity index (χ3n) is 3.00. The summed E-state index contributed by atoms with van der Waals surface area (Å²) in [5.74, 6) is 0.560. The van der Waals surface area contributed by atoms with Crippen LogP contribution in [-0.2, 0) is 13.5 Å². The second-order valence-electron chi connectivity index (χ2n) is 4.73. The molecule has 1 N–H and O–H groups in total. The molecule has 1 aromatic heterocycles. The van der Waals surface area contributed by atoms with Crippen LogP contribution in [0.15, 0.2) is 12.1 Å². The summed E-state index contributed by atoms with van der Waals surface area (Å²) in [6.07, 6.45) is -0.201. The van der Waals surface area contributed by atoms with Crippen molar-refractivity contribution >= 4 is 0 Å². The van der Waals surface area contributed by atoms with Crippen LogP contribution in [0.2, 0.25) is 0 Å². The van der Waals surface area contributed by atoms with Gasteiger partial charge in [0.15, 0.2) is 5.82 Å². The van der Waals surface area contributed by atoms with E-state index in [1.54, 1.807) is 7.05 Å². The molecule has 5 nitrogen and oxygen atoms in total. The number of tetrazole rings is 1. The molecule has 96 valence electrons. The molecule has 1 atom stereocenters. The lowest BCUT2D eigenvalue weighted by atomic mass is 9.94. The van der Waals surface area contributed by atoms with Gasteiger partial charge >= 0.3 is 0 Å². The van der Waals surface area contributed by atoms with E-state index in [0.29, 0.717) is 12.2 Å². The number of aryl methyl sites for hydroxylation is 4. The van der Waals surface area contributed by atoms with E-state index in [-0.39, 0.29) is 0 Å². The summed E-state index contributed by atoms with van der Waals surface area (Å²) in [7, 11) is 1.71. The first-order chi connectivity index (χ1) is 8.47. The van der Waals surface area contributed by atoms with Crippen molar-refractivity contribution in [3.05, 3.63) is 40.2 Å². The van der Waals surface area contributed by atoms with Gasteiger partial charge in [-0.05, 0) is 42.7 Å². The van der Waals surface area contributed by atoms with E-state index in [2.05, 4.69) is 34.5 Å². The molecule has 0 radical (unpaired) electrons. The van der Waals surface area contributed by atoms with Gasteiger partial charge < -0.3 is 5.11 Å². The summed E-state index contributed by atoms with van der Waals surface area (Å²) < 4.78 is 0. The third kappa shape index (κ3) is 2.56. The maximum Gasteiger partial charge on any atom is 0.177 e. The molecule has 2 rings (SSSR count). The highest BCUT2D eigenvalue weighted by molar-refractivity contribution is 5.39. The fraction of sp³-hybridized carbons (Fsp3) is 0.462. The van der Waals surface area contributed by atoms with Crippen LogP contribution in [0, 0.1) is 20.8 Å². The first-order valence-electron chi connectivity index (χ1n) is 5.96. The fourth-order valence-corrected chi connectivity index (χ4v) is 2.40. The Bertz CT molecular complexity index is 539. The average molecular weight is 246 g/mol. The van der Waals surface area contributed by atoms with E-state index < -0.39 is 6.10 Å². The molecule has 0 amide bonds. The Morgan fingerprint density at radius 3 is 2.33 bits per heavy atom. The molecule has 0 aliphatic heterocycles. The Labute approximate surface area is 106 Å². The highest BCUT2D eigenvalue weighted by Crippen LogP contribution is 2.25. The highest BCUT2D eigenvalue weighted by atomic mass is 16.3. The first-order valence-corrected chi connectivity index (χ1v) is 5.96. The number of rotatable bonds is 3. The smallest absolute Gasteiger partial charge is 0.177 e. The van der Waals surface area contributed by atoms with Crippen molar-refractivity contribution < 1.29 is 5.11 Å². The second-order valence-corrected chi connectivity index (χ2v) is 4.73. The lowest BCUT2D eigenvalue weighted by Crippen LogP contribution is -2.08. The van der Waals surface area contributed by atoms with Crippen LogP contribution in [0.3, 0.4) is 0 Å². The average Bonchev–Trinajstić information content (AvgIpc) is 2.62. The topological polar surface area (TPSA) is 63.8 Å². The van der Waals surface area contributed by atoms with Crippen LogP contribution in [-0.4, -0.2) is 25.3 Å². The number of aromatic nitrogens is 4. The summed E-state index contributed by atoms with van der Waals surface area (Å²) in [4.78, 5) is 1.40. The molecule has 18 heavy (non-hydrogen) atoms. The van der Waals surface area contributed by atoms with Crippen LogP contribution in [0.1, 0.15) is 34.2 Å². The van der Waals surface area contributed by atoms with E-state index >= 15 is 0 Å². The standard InChI is InChI=1S/C13H18N4O/c1-8-5-9(2)13(10(3)6-8)11(18)7-12-14-16-17(4)15-12/h5-6,11,18H,7H2,1-4H3. The second kappa shape index (κ2) is 4.86. The summed E-state index contributed by atoms with van der Waals surface area (Å²) in [5.41, 5.74) is 4.37. The van der Waals surface area contributed by atoms with Crippen molar-refractivity contribution in [1.82, 2.24) is 20.2 Å². The number of nitrogens with zero attached hydrogens (tertiary/aromatic N) is 4. The third-order valence-corrected chi connectivity index (χ3v) is 3.00. The van der Waals surface area contributed by atoms with Gasteiger partial charge in [-0.3, -0.25) is 0 Å². The number of aliphatic hydroxyl groups excluding tert-OH is 1. The van der Waals surface area contributed by atoms with Crippen LogP contribution < -0.4 is 0 Å². The largest absolute Gasteiger partial charge is 0.388 e. The van der Waals surface area contributed by atoms with Crippen LogP contribution in [0.5, 0.6) is 0 Å². The van der Waals surface area contributed by atoms with Crippen molar-refractivity contribution in [3.8, 4) is 0 Å². The van der Waals surface area contributed by atoms with Crippen LogP contribution in [0.25, 0.3) is 0 Å². The molecule has 0 fully saturated rings. The first kappa shape index (κ1) is 12.7. The fourth-order valence-electron chi connectivity index (χ4n) is 2.40. The van der Waals surface area contributed by atoms with Gasteiger partial charge in [0.1, 0.15) is 0 Å². The lowest BCUT2D eigenvalue weighted by Gasteiger charge is -2.16. The monoisotopic (exact) mass is 246 g/mol. The Balaban J connectivity index is 2.26.